The molecule has 1 unspecified atom stereocenters. The van der Waals surface area contributed by atoms with Crippen LogP contribution in [0.2, 0.25) is 0 Å². The van der Waals surface area contributed by atoms with Gasteiger partial charge in [-0.1, -0.05) is 12.1 Å². The number of hydrogen-bond acceptors (Lipinski definition) is 4. The maximum Gasteiger partial charge on any atom is 0.234 e. The summed E-state index contributed by atoms with van der Waals surface area (Å²) in [5, 5.41) is 0. The van der Waals surface area contributed by atoms with Crippen molar-refractivity contribution in [1.82, 2.24) is 0 Å². The fraction of sp³-hybridized carbons (Fsp3) is 0.200. The molecule has 4 nitrogen and oxygen atoms in total. The van der Waals surface area contributed by atoms with E-state index in [1.165, 1.54) is 12.1 Å². The summed E-state index contributed by atoms with van der Waals surface area (Å²) in [5.41, 5.74) is 2.21. The topological polar surface area (TPSA) is 52.6 Å². The highest BCUT2D eigenvalue weighted by Crippen LogP contribution is 2.39. The molecule has 4 rings (SSSR count). The van der Waals surface area contributed by atoms with Crippen LogP contribution >= 0.6 is 0 Å². The van der Waals surface area contributed by atoms with E-state index in [0.29, 0.717) is 34.6 Å². The van der Waals surface area contributed by atoms with E-state index in [1.54, 1.807) is 30.3 Å². The molecule has 1 heterocycles. The van der Waals surface area contributed by atoms with Gasteiger partial charge < -0.3 is 9.47 Å². The van der Waals surface area contributed by atoms with Crippen LogP contribution in [0.4, 0.5) is 4.39 Å². The summed E-state index contributed by atoms with van der Waals surface area (Å²) in [6, 6.07) is 11.0. The number of carbonyl (C=O) groups is 2. The van der Waals surface area contributed by atoms with Gasteiger partial charge in [-0.25, -0.2) is 4.39 Å². The quantitative estimate of drug-likeness (QED) is 0.801. The Morgan fingerprint density at radius 1 is 1.08 bits per heavy atom. The second kappa shape index (κ2) is 5.84. The second-order valence-electron chi connectivity index (χ2n) is 6.22. The lowest BCUT2D eigenvalue weighted by molar-refractivity contribution is -0.112. The van der Waals surface area contributed by atoms with E-state index < -0.39 is 11.6 Å². The number of rotatable bonds is 3. The molecule has 126 valence electrons. The standard InChI is InChI=1S/C20H15FO4/c1-11-8-17-19(23)18(22)16-9-14(6-7-15(16)20(17)25-11)24-10-12-2-4-13(21)5-3-12/h2-7,9,11H,8,10H2,1H3. The fourth-order valence-electron chi connectivity index (χ4n) is 3.12. The van der Waals surface area contributed by atoms with Crippen LogP contribution in [0.3, 0.4) is 0 Å². The Balaban J connectivity index is 1.61. The molecule has 1 aliphatic carbocycles. The number of carbonyl (C=O) groups excluding carboxylic acids is 2. The summed E-state index contributed by atoms with van der Waals surface area (Å²) in [5.74, 6) is -0.353. The van der Waals surface area contributed by atoms with Gasteiger partial charge in [-0.3, -0.25) is 9.59 Å². The van der Waals surface area contributed by atoms with Crippen molar-refractivity contribution in [2.24, 2.45) is 0 Å². The van der Waals surface area contributed by atoms with Gasteiger partial charge in [0.2, 0.25) is 11.6 Å². The molecule has 0 aromatic heterocycles. The van der Waals surface area contributed by atoms with Crippen molar-refractivity contribution in [3.05, 3.63) is 70.5 Å². The first-order valence-corrected chi connectivity index (χ1v) is 8.03. The van der Waals surface area contributed by atoms with E-state index in [0.717, 1.165) is 5.56 Å². The van der Waals surface area contributed by atoms with Crippen molar-refractivity contribution >= 4 is 17.3 Å². The van der Waals surface area contributed by atoms with E-state index in [4.69, 9.17) is 9.47 Å². The average molecular weight is 338 g/mol. The third kappa shape index (κ3) is 2.71. The minimum absolute atomic E-state index is 0.109. The number of hydrogen-bond donors (Lipinski definition) is 0. The third-order valence-corrected chi connectivity index (χ3v) is 4.36. The molecule has 1 aliphatic heterocycles. The molecule has 5 heteroatoms. The zero-order chi connectivity index (χ0) is 17.6. The molecule has 0 N–H and O–H groups in total. The first-order valence-electron chi connectivity index (χ1n) is 8.03. The minimum Gasteiger partial charge on any atom is -0.489 e. The predicted octanol–water partition coefficient (Wildman–Crippen LogP) is 3.69. The molecule has 2 aromatic carbocycles. The van der Waals surface area contributed by atoms with Gasteiger partial charge in [0.05, 0.1) is 0 Å². The third-order valence-electron chi connectivity index (χ3n) is 4.36. The number of Topliss-reactive ketones (excluding diaryl/α,β-unsaturated/α-hetero) is 2. The summed E-state index contributed by atoms with van der Waals surface area (Å²) in [4.78, 5) is 24.7. The largest absolute Gasteiger partial charge is 0.489 e. The van der Waals surface area contributed by atoms with E-state index in [1.807, 2.05) is 6.92 Å². The molecule has 0 saturated carbocycles. The Hall–Kier alpha value is -2.95. The lowest BCUT2D eigenvalue weighted by atomic mass is 9.87. The smallest absolute Gasteiger partial charge is 0.234 e. The van der Waals surface area contributed by atoms with Gasteiger partial charge in [0.25, 0.3) is 0 Å². The Labute approximate surface area is 143 Å². The molecule has 25 heavy (non-hydrogen) atoms. The number of benzene rings is 2. The fourth-order valence-corrected chi connectivity index (χ4v) is 3.12. The predicted molar refractivity (Wildman–Crippen MR) is 88.6 cm³/mol. The summed E-state index contributed by atoms with van der Waals surface area (Å²) < 4.78 is 24.3. The maximum absolute atomic E-state index is 12.9. The zero-order valence-corrected chi connectivity index (χ0v) is 13.5. The van der Waals surface area contributed by atoms with Crippen molar-refractivity contribution in [1.29, 1.82) is 0 Å². The normalized spacial score (nSPS) is 18.7. The van der Waals surface area contributed by atoms with Gasteiger partial charge in [-0.05, 0) is 42.8 Å². The number of ketones is 2. The van der Waals surface area contributed by atoms with Crippen molar-refractivity contribution < 1.29 is 23.5 Å². The molecule has 0 spiro atoms. The molecule has 2 aliphatic rings. The summed E-state index contributed by atoms with van der Waals surface area (Å²) in [6.07, 6.45) is 0.351. The molecular weight excluding hydrogens is 323 g/mol. The van der Waals surface area contributed by atoms with Crippen LogP contribution in [0.1, 0.15) is 34.8 Å². The Morgan fingerprint density at radius 3 is 2.60 bits per heavy atom. The van der Waals surface area contributed by atoms with Crippen LogP contribution in [0.5, 0.6) is 5.75 Å². The monoisotopic (exact) mass is 338 g/mol. The number of ether oxygens (including phenoxy) is 2. The Kier molecular flexibility index (Phi) is 3.64. The second-order valence-corrected chi connectivity index (χ2v) is 6.22. The number of halogens is 1. The van der Waals surface area contributed by atoms with E-state index in [-0.39, 0.29) is 18.5 Å². The van der Waals surface area contributed by atoms with Gasteiger partial charge >= 0.3 is 0 Å². The maximum atomic E-state index is 12.9. The molecule has 0 saturated heterocycles. The Morgan fingerprint density at radius 2 is 1.84 bits per heavy atom. The van der Waals surface area contributed by atoms with Crippen LogP contribution in [-0.2, 0) is 16.1 Å². The van der Waals surface area contributed by atoms with Gasteiger partial charge in [0, 0.05) is 23.1 Å². The first kappa shape index (κ1) is 15.6. The van der Waals surface area contributed by atoms with E-state index in [2.05, 4.69) is 0 Å². The van der Waals surface area contributed by atoms with Gasteiger partial charge in [0.15, 0.2) is 0 Å². The van der Waals surface area contributed by atoms with Gasteiger partial charge in [-0.2, -0.15) is 0 Å². The lowest BCUT2D eigenvalue weighted by Gasteiger charge is -2.17. The lowest BCUT2D eigenvalue weighted by Crippen LogP contribution is -2.22. The highest BCUT2D eigenvalue weighted by Gasteiger charge is 2.38. The highest BCUT2D eigenvalue weighted by atomic mass is 19.1. The van der Waals surface area contributed by atoms with Crippen molar-refractivity contribution in [3.8, 4) is 5.75 Å². The van der Waals surface area contributed by atoms with Crippen LogP contribution < -0.4 is 4.74 Å². The molecule has 2 aromatic rings. The average Bonchev–Trinajstić information content (AvgIpc) is 3.01. The molecular formula is C20H15FO4. The molecule has 1 atom stereocenters. The zero-order valence-electron chi connectivity index (χ0n) is 13.5. The van der Waals surface area contributed by atoms with Crippen LogP contribution in [0.25, 0.3) is 5.76 Å². The van der Waals surface area contributed by atoms with Crippen molar-refractivity contribution in [3.63, 3.8) is 0 Å². The van der Waals surface area contributed by atoms with Crippen molar-refractivity contribution in [2.75, 3.05) is 0 Å². The highest BCUT2D eigenvalue weighted by molar-refractivity contribution is 6.52. The summed E-state index contributed by atoms with van der Waals surface area (Å²) >= 11 is 0. The first-order chi connectivity index (χ1) is 12.0. The van der Waals surface area contributed by atoms with E-state index >= 15 is 0 Å². The Bertz CT molecular complexity index is 912. The van der Waals surface area contributed by atoms with Crippen LogP contribution in [0, 0.1) is 5.82 Å². The summed E-state index contributed by atoms with van der Waals surface area (Å²) in [7, 11) is 0. The van der Waals surface area contributed by atoms with Crippen molar-refractivity contribution in [2.45, 2.75) is 26.1 Å². The minimum atomic E-state index is -0.529. The molecule has 0 fully saturated rings. The van der Waals surface area contributed by atoms with Crippen LogP contribution in [-0.4, -0.2) is 17.7 Å². The molecule has 0 bridgehead atoms. The SMILES string of the molecule is CC1CC2=C(O1)c1ccc(OCc3ccc(F)cc3)cc1C(=O)C2=O. The van der Waals surface area contributed by atoms with Gasteiger partial charge in [-0.15, -0.1) is 0 Å². The number of fused-ring (bicyclic) bond motifs is 2. The summed E-state index contributed by atoms with van der Waals surface area (Å²) in [6.45, 7) is 2.11. The molecule has 0 amide bonds. The van der Waals surface area contributed by atoms with Gasteiger partial charge in [0.1, 0.15) is 30.0 Å². The van der Waals surface area contributed by atoms with Crippen LogP contribution in [0.15, 0.2) is 48.0 Å². The van der Waals surface area contributed by atoms with E-state index in [9.17, 15) is 14.0 Å². The molecule has 0 radical (unpaired) electrons.